The number of hydrogen-bond acceptors (Lipinski definition) is 6. The zero-order valence-corrected chi connectivity index (χ0v) is 16.1. The fraction of sp³-hybridized carbons (Fsp3) is 0.190. The summed E-state index contributed by atoms with van der Waals surface area (Å²) in [5, 5.41) is 20.9. The summed E-state index contributed by atoms with van der Waals surface area (Å²) in [7, 11) is 0. The number of benzene rings is 1. The monoisotopic (exact) mass is 441 g/mol. The molecule has 32 heavy (non-hydrogen) atoms. The number of anilines is 1. The number of alkyl halides is 3. The van der Waals surface area contributed by atoms with E-state index in [1.807, 2.05) is 6.07 Å². The van der Waals surface area contributed by atoms with E-state index in [9.17, 15) is 32.7 Å². The Morgan fingerprint density at radius 1 is 1.16 bits per heavy atom. The van der Waals surface area contributed by atoms with Crippen LogP contribution in [0.4, 0.5) is 28.4 Å². The molecule has 1 unspecified atom stereocenters. The highest BCUT2D eigenvalue weighted by Gasteiger charge is 2.47. The molecule has 0 saturated carbocycles. The molecule has 0 saturated heterocycles. The van der Waals surface area contributed by atoms with Gasteiger partial charge in [-0.25, -0.2) is 4.79 Å². The van der Waals surface area contributed by atoms with E-state index in [1.54, 1.807) is 0 Å². The van der Waals surface area contributed by atoms with Crippen LogP contribution < -0.4 is 10.0 Å². The fourth-order valence-electron chi connectivity index (χ4n) is 3.89. The first kappa shape index (κ1) is 21.0. The van der Waals surface area contributed by atoms with Crippen LogP contribution in [0.3, 0.4) is 0 Å². The SMILES string of the molecule is N#Cc1ccc(C2C3=C(CCC3=O)N(c3ccnc(C(F)(F)F)c3)C(=O)N2C(=O)[O-])cc1. The molecule has 0 N–H and O–H groups in total. The van der Waals surface area contributed by atoms with E-state index in [-0.39, 0.29) is 40.9 Å². The minimum Gasteiger partial charge on any atom is -0.529 e. The van der Waals surface area contributed by atoms with Gasteiger partial charge in [0.2, 0.25) is 0 Å². The lowest BCUT2D eigenvalue weighted by Crippen LogP contribution is -2.56. The highest BCUT2D eigenvalue weighted by Crippen LogP contribution is 2.45. The molecular formula is C21H12F3N4O4-. The van der Waals surface area contributed by atoms with Crippen LogP contribution in [0.1, 0.15) is 35.7 Å². The van der Waals surface area contributed by atoms with Crippen LogP contribution in [-0.2, 0) is 11.0 Å². The number of Topliss-reactive ketones (excluding diaryl/α,β-unsaturated/α-hetero) is 1. The van der Waals surface area contributed by atoms with Gasteiger partial charge in [0, 0.05) is 23.9 Å². The number of nitrogens with zero attached hydrogens (tertiary/aromatic N) is 4. The number of carbonyl (C=O) groups is 3. The van der Waals surface area contributed by atoms with Gasteiger partial charge in [-0.2, -0.15) is 18.4 Å². The van der Waals surface area contributed by atoms with Crippen LogP contribution in [0.15, 0.2) is 53.9 Å². The normalized spacial score (nSPS) is 18.6. The smallest absolute Gasteiger partial charge is 0.433 e. The summed E-state index contributed by atoms with van der Waals surface area (Å²) in [5.74, 6) is -0.441. The first-order valence-corrected chi connectivity index (χ1v) is 9.27. The van der Waals surface area contributed by atoms with E-state index in [1.165, 1.54) is 24.3 Å². The van der Waals surface area contributed by atoms with Crippen molar-refractivity contribution in [3.05, 3.63) is 70.7 Å². The summed E-state index contributed by atoms with van der Waals surface area (Å²) in [4.78, 5) is 42.2. The molecule has 2 heterocycles. The quantitative estimate of drug-likeness (QED) is 0.707. The average molecular weight is 441 g/mol. The molecule has 0 bridgehead atoms. The molecule has 0 spiro atoms. The molecule has 0 fully saturated rings. The Morgan fingerprint density at radius 2 is 1.84 bits per heavy atom. The number of ketones is 1. The molecule has 1 aromatic heterocycles. The number of carboxylic acid groups (broad SMARTS) is 1. The number of pyridine rings is 1. The minimum absolute atomic E-state index is 0.0242. The lowest BCUT2D eigenvalue weighted by atomic mass is 9.92. The number of allylic oxidation sites excluding steroid dienone is 1. The van der Waals surface area contributed by atoms with Gasteiger partial charge in [0.25, 0.3) is 0 Å². The molecule has 11 heteroatoms. The molecule has 1 aliphatic carbocycles. The van der Waals surface area contributed by atoms with E-state index in [0.717, 1.165) is 17.2 Å². The molecular weight excluding hydrogens is 429 g/mol. The molecule has 1 aromatic carbocycles. The molecule has 8 nitrogen and oxygen atoms in total. The number of nitriles is 1. The van der Waals surface area contributed by atoms with E-state index in [2.05, 4.69) is 4.98 Å². The lowest BCUT2D eigenvalue weighted by Gasteiger charge is -2.42. The molecule has 2 aromatic rings. The van der Waals surface area contributed by atoms with Crippen LogP contribution in [0, 0.1) is 11.3 Å². The maximum atomic E-state index is 13.2. The Labute approximate surface area is 178 Å². The van der Waals surface area contributed by atoms with Crippen molar-refractivity contribution in [2.75, 3.05) is 4.90 Å². The number of halogens is 3. The summed E-state index contributed by atoms with van der Waals surface area (Å²) in [6, 6.07) is 6.74. The van der Waals surface area contributed by atoms with Gasteiger partial charge < -0.3 is 9.90 Å². The second-order valence-electron chi connectivity index (χ2n) is 7.07. The van der Waals surface area contributed by atoms with Crippen molar-refractivity contribution >= 4 is 23.6 Å². The summed E-state index contributed by atoms with van der Waals surface area (Å²) in [6.45, 7) is 0. The third-order valence-corrected chi connectivity index (χ3v) is 5.24. The minimum atomic E-state index is -4.80. The third-order valence-electron chi connectivity index (χ3n) is 5.24. The van der Waals surface area contributed by atoms with Gasteiger partial charge in [-0.15, -0.1) is 0 Å². The highest BCUT2D eigenvalue weighted by atomic mass is 19.4. The highest BCUT2D eigenvalue weighted by molar-refractivity contribution is 6.11. The lowest BCUT2D eigenvalue weighted by molar-refractivity contribution is -0.263. The van der Waals surface area contributed by atoms with E-state index < -0.39 is 35.8 Å². The zero-order valence-electron chi connectivity index (χ0n) is 16.1. The number of amides is 3. The Morgan fingerprint density at radius 3 is 2.44 bits per heavy atom. The Bertz CT molecular complexity index is 1210. The number of rotatable bonds is 2. The number of imide groups is 1. The summed E-state index contributed by atoms with van der Waals surface area (Å²) >= 11 is 0. The van der Waals surface area contributed by atoms with Gasteiger partial charge in [0.05, 0.1) is 23.4 Å². The molecule has 162 valence electrons. The van der Waals surface area contributed by atoms with Gasteiger partial charge in [-0.05, 0) is 36.2 Å². The summed E-state index contributed by atoms with van der Waals surface area (Å²) in [5.41, 5.74) is -0.932. The van der Waals surface area contributed by atoms with Crippen LogP contribution in [0.2, 0.25) is 0 Å². The van der Waals surface area contributed by atoms with Crippen molar-refractivity contribution in [2.45, 2.75) is 25.1 Å². The van der Waals surface area contributed by atoms with E-state index in [4.69, 9.17) is 5.26 Å². The second-order valence-corrected chi connectivity index (χ2v) is 7.07. The number of carbonyl (C=O) groups excluding carboxylic acids is 3. The molecule has 0 radical (unpaired) electrons. The van der Waals surface area contributed by atoms with Crippen LogP contribution in [-0.4, -0.2) is 27.8 Å². The fourth-order valence-corrected chi connectivity index (χ4v) is 3.89. The summed E-state index contributed by atoms with van der Waals surface area (Å²) in [6.07, 6.45) is -5.88. The van der Waals surface area contributed by atoms with Crippen LogP contribution in [0.5, 0.6) is 0 Å². The van der Waals surface area contributed by atoms with Gasteiger partial charge in [0.1, 0.15) is 11.8 Å². The Hall–Kier alpha value is -4.20. The van der Waals surface area contributed by atoms with Crippen molar-refractivity contribution in [2.24, 2.45) is 0 Å². The predicted molar refractivity (Wildman–Crippen MR) is 99.5 cm³/mol. The first-order chi connectivity index (χ1) is 15.1. The predicted octanol–water partition coefficient (Wildman–Crippen LogP) is 2.92. The number of hydrogen-bond donors (Lipinski definition) is 0. The molecule has 1 atom stereocenters. The zero-order chi connectivity index (χ0) is 23.2. The first-order valence-electron chi connectivity index (χ1n) is 9.27. The number of urea groups is 1. The largest absolute Gasteiger partial charge is 0.529 e. The number of aromatic nitrogens is 1. The van der Waals surface area contributed by atoms with Gasteiger partial charge in [-0.1, -0.05) is 12.1 Å². The van der Waals surface area contributed by atoms with Crippen LogP contribution >= 0.6 is 0 Å². The average Bonchev–Trinajstić information content (AvgIpc) is 3.13. The Balaban J connectivity index is 1.92. The standard InChI is InChI=1S/C21H13F3N4O4/c22-21(23,24)16-9-13(7-8-26-16)27-14-5-6-15(29)17(14)18(28(19(27)30)20(31)32)12-3-1-11(10-25)2-4-12/h1-4,7-9,18H,5-6H2,(H,31,32)/p-1. The van der Waals surface area contributed by atoms with Gasteiger partial charge in [0.15, 0.2) is 5.78 Å². The third kappa shape index (κ3) is 3.35. The molecule has 3 amide bonds. The second kappa shape index (κ2) is 7.49. The Kier molecular flexibility index (Phi) is 4.93. The van der Waals surface area contributed by atoms with Crippen molar-refractivity contribution in [1.82, 2.24) is 9.88 Å². The van der Waals surface area contributed by atoms with Crippen LogP contribution in [0.25, 0.3) is 0 Å². The van der Waals surface area contributed by atoms with Gasteiger partial charge in [-0.3, -0.25) is 19.6 Å². The molecule has 2 aliphatic rings. The summed E-state index contributed by atoms with van der Waals surface area (Å²) < 4.78 is 39.4. The van der Waals surface area contributed by atoms with Crippen molar-refractivity contribution < 1.29 is 32.7 Å². The van der Waals surface area contributed by atoms with E-state index >= 15 is 0 Å². The molecule has 1 aliphatic heterocycles. The van der Waals surface area contributed by atoms with Crippen molar-refractivity contribution in [3.63, 3.8) is 0 Å². The maximum absolute atomic E-state index is 13.2. The van der Waals surface area contributed by atoms with Crippen molar-refractivity contribution in [3.8, 4) is 6.07 Å². The van der Waals surface area contributed by atoms with Crippen molar-refractivity contribution in [1.29, 1.82) is 5.26 Å². The maximum Gasteiger partial charge on any atom is 0.433 e. The van der Waals surface area contributed by atoms with E-state index in [0.29, 0.717) is 11.0 Å². The van der Waals surface area contributed by atoms with Gasteiger partial charge >= 0.3 is 12.2 Å². The molecule has 4 rings (SSSR count). The topological polar surface area (TPSA) is 117 Å².